The minimum Gasteiger partial charge on any atom is -0.497 e. The molecule has 220 valence electrons. The standard InChI is InChI=1S/C30H36BrN3O6S/c1-6-21(2)32-30(36)22(3)33(19-23-11-10-12-24(31)17-23)29(35)20-34(41(37,38)26-13-8-7-9-14-26)27-18-25(39-4)15-16-28(27)40-5/h7-18,21-22H,6,19-20H2,1-5H3,(H,32,36)/t21-,22-/m1/s1. The molecule has 0 aliphatic rings. The van der Waals surface area contributed by atoms with Crippen molar-refractivity contribution in [3.63, 3.8) is 0 Å². The van der Waals surface area contributed by atoms with Crippen molar-refractivity contribution in [2.24, 2.45) is 0 Å². The van der Waals surface area contributed by atoms with E-state index in [0.717, 1.165) is 20.8 Å². The van der Waals surface area contributed by atoms with E-state index in [9.17, 15) is 18.0 Å². The fourth-order valence-corrected chi connectivity index (χ4v) is 5.99. The SMILES string of the molecule is CC[C@@H](C)NC(=O)[C@@H](C)N(Cc1cccc(Br)c1)C(=O)CN(c1cc(OC)ccc1OC)S(=O)(=O)c1ccccc1. The Bertz CT molecular complexity index is 1450. The molecule has 0 radical (unpaired) electrons. The Labute approximate surface area is 250 Å². The first-order chi connectivity index (χ1) is 19.5. The summed E-state index contributed by atoms with van der Waals surface area (Å²) in [5, 5.41) is 2.93. The van der Waals surface area contributed by atoms with Crippen LogP contribution >= 0.6 is 15.9 Å². The van der Waals surface area contributed by atoms with Crippen LogP contribution < -0.4 is 19.1 Å². The third kappa shape index (κ3) is 8.01. The van der Waals surface area contributed by atoms with E-state index in [2.05, 4.69) is 21.2 Å². The van der Waals surface area contributed by atoms with Gasteiger partial charge in [0, 0.05) is 23.1 Å². The number of ether oxygens (including phenoxy) is 2. The largest absolute Gasteiger partial charge is 0.497 e. The van der Waals surface area contributed by atoms with Crippen molar-refractivity contribution < 1.29 is 27.5 Å². The summed E-state index contributed by atoms with van der Waals surface area (Å²) in [5.74, 6) is -0.284. The van der Waals surface area contributed by atoms with Gasteiger partial charge in [-0.15, -0.1) is 0 Å². The van der Waals surface area contributed by atoms with E-state index in [1.165, 1.54) is 37.3 Å². The lowest BCUT2D eigenvalue weighted by atomic mass is 10.1. The number of hydrogen-bond donors (Lipinski definition) is 1. The molecule has 2 amide bonds. The molecule has 0 aliphatic carbocycles. The first kappa shape index (κ1) is 32.0. The van der Waals surface area contributed by atoms with E-state index in [1.807, 2.05) is 38.1 Å². The highest BCUT2D eigenvalue weighted by atomic mass is 79.9. The third-order valence-electron chi connectivity index (χ3n) is 6.68. The van der Waals surface area contributed by atoms with Crippen molar-refractivity contribution >= 4 is 43.5 Å². The molecular formula is C30H36BrN3O6S. The monoisotopic (exact) mass is 645 g/mol. The second-order valence-corrected chi connectivity index (χ2v) is 12.3. The average Bonchev–Trinajstić information content (AvgIpc) is 2.98. The van der Waals surface area contributed by atoms with Crippen molar-refractivity contribution in [1.82, 2.24) is 10.2 Å². The summed E-state index contributed by atoms with van der Waals surface area (Å²) in [6.45, 7) is 4.97. The maximum Gasteiger partial charge on any atom is 0.264 e. The fraction of sp³-hybridized carbons (Fsp3) is 0.333. The van der Waals surface area contributed by atoms with Crippen LogP contribution in [0.2, 0.25) is 0 Å². The number of halogens is 1. The van der Waals surface area contributed by atoms with E-state index in [-0.39, 0.29) is 34.8 Å². The minimum atomic E-state index is -4.25. The van der Waals surface area contributed by atoms with Crippen LogP contribution in [0.15, 0.2) is 82.2 Å². The Balaban J connectivity index is 2.10. The number of hydrogen-bond acceptors (Lipinski definition) is 6. The van der Waals surface area contributed by atoms with Gasteiger partial charge in [0.25, 0.3) is 10.0 Å². The van der Waals surface area contributed by atoms with Gasteiger partial charge >= 0.3 is 0 Å². The smallest absolute Gasteiger partial charge is 0.264 e. The molecule has 0 saturated carbocycles. The lowest BCUT2D eigenvalue weighted by Crippen LogP contribution is -2.52. The van der Waals surface area contributed by atoms with Crippen LogP contribution in [0.1, 0.15) is 32.8 Å². The van der Waals surface area contributed by atoms with E-state index in [1.54, 1.807) is 37.3 Å². The van der Waals surface area contributed by atoms with Crippen LogP contribution in [-0.4, -0.2) is 58.0 Å². The second-order valence-electron chi connectivity index (χ2n) is 9.51. The number of rotatable bonds is 13. The number of carbonyl (C=O) groups excluding carboxylic acids is 2. The molecule has 3 aromatic rings. The summed E-state index contributed by atoms with van der Waals surface area (Å²) in [6, 6.07) is 19.0. The Morgan fingerprint density at radius 3 is 2.27 bits per heavy atom. The van der Waals surface area contributed by atoms with Crippen LogP contribution in [0.3, 0.4) is 0 Å². The zero-order chi connectivity index (χ0) is 30.2. The Kier molecular flexibility index (Phi) is 11.2. The Morgan fingerprint density at radius 2 is 1.66 bits per heavy atom. The summed E-state index contributed by atoms with van der Waals surface area (Å²) in [6.07, 6.45) is 0.719. The normalized spacial score (nSPS) is 12.6. The zero-order valence-electron chi connectivity index (χ0n) is 23.8. The lowest BCUT2D eigenvalue weighted by Gasteiger charge is -2.33. The van der Waals surface area contributed by atoms with Gasteiger partial charge in [-0.2, -0.15) is 0 Å². The maximum atomic E-state index is 14.1. The van der Waals surface area contributed by atoms with Crippen LogP contribution in [0.4, 0.5) is 5.69 Å². The van der Waals surface area contributed by atoms with Gasteiger partial charge in [0.05, 0.1) is 24.8 Å². The van der Waals surface area contributed by atoms with Gasteiger partial charge in [-0.1, -0.05) is 53.2 Å². The van der Waals surface area contributed by atoms with Gasteiger partial charge in [0.1, 0.15) is 24.1 Å². The van der Waals surface area contributed by atoms with Crippen molar-refractivity contribution in [2.75, 3.05) is 25.1 Å². The van der Waals surface area contributed by atoms with Crippen molar-refractivity contribution in [1.29, 1.82) is 0 Å². The molecule has 0 heterocycles. The number of amides is 2. The summed E-state index contributed by atoms with van der Waals surface area (Å²) >= 11 is 3.45. The molecule has 3 aromatic carbocycles. The van der Waals surface area contributed by atoms with Gasteiger partial charge < -0.3 is 19.7 Å². The summed E-state index contributed by atoms with van der Waals surface area (Å²) < 4.78 is 40.7. The highest BCUT2D eigenvalue weighted by Gasteiger charge is 2.34. The molecule has 11 heteroatoms. The molecular weight excluding hydrogens is 610 g/mol. The molecule has 1 N–H and O–H groups in total. The molecule has 0 spiro atoms. The molecule has 0 fully saturated rings. The Hall–Kier alpha value is -3.57. The maximum absolute atomic E-state index is 14.1. The van der Waals surface area contributed by atoms with E-state index < -0.39 is 28.5 Å². The molecule has 9 nitrogen and oxygen atoms in total. The van der Waals surface area contributed by atoms with Gasteiger partial charge in [-0.05, 0) is 62.2 Å². The third-order valence-corrected chi connectivity index (χ3v) is 8.94. The van der Waals surface area contributed by atoms with Gasteiger partial charge in [0.15, 0.2) is 0 Å². The van der Waals surface area contributed by atoms with Crippen LogP contribution in [0.25, 0.3) is 0 Å². The quantitative estimate of drug-likeness (QED) is 0.281. The van der Waals surface area contributed by atoms with Crippen molar-refractivity contribution in [2.45, 2.75) is 50.7 Å². The first-order valence-corrected chi connectivity index (χ1v) is 15.4. The van der Waals surface area contributed by atoms with Crippen LogP contribution in [0, 0.1) is 0 Å². The number of nitrogens with zero attached hydrogens (tertiary/aromatic N) is 2. The molecule has 0 saturated heterocycles. The van der Waals surface area contributed by atoms with Crippen molar-refractivity contribution in [3.05, 3.63) is 82.8 Å². The number of benzene rings is 3. The molecule has 3 rings (SSSR count). The highest BCUT2D eigenvalue weighted by molar-refractivity contribution is 9.10. The Morgan fingerprint density at radius 1 is 0.951 bits per heavy atom. The lowest BCUT2D eigenvalue weighted by molar-refractivity contribution is -0.139. The predicted octanol–water partition coefficient (Wildman–Crippen LogP) is 4.99. The van der Waals surface area contributed by atoms with Gasteiger partial charge in [-0.25, -0.2) is 8.42 Å². The van der Waals surface area contributed by atoms with Crippen LogP contribution in [-0.2, 0) is 26.2 Å². The van der Waals surface area contributed by atoms with Crippen molar-refractivity contribution in [3.8, 4) is 11.5 Å². The summed E-state index contributed by atoms with van der Waals surface area (Å²) in [4.78, 5) is 28.7. The topological polar surface area (TPSA) is 105 Å². The van der Waals surface area contributed by atoms with Gasteiger partial charge in [-0.3, -0.25) is 13.9 Å². The second kappa shape index (κ2) is 14.4. The molecule has 0 aromatic heterocycles. The average molecular weight is 647 g/mol. The highest BCUT2D eigenvalue weighted by Crippen LogP contribution is 2.36. The summed E-state index contributed by atoms with van der Waals surface area (Å²) in [5.41, 5.74) is 0.899. The van der Waals surface area contributed by atoms with E-state index in [4.69, 9.17) is 9.47 Å². The number of anilines is 1. The molecule has 41 heavy (non-hydrogen) atoms. The number of methoxy groups -OCH3 is 2. The fourth-order valence-electron chi connectivity index (χ4n) is 4.10. The molecule has 0 bridgehead atoms. The molecule has 0 unspecified atom stereocenters. The summed E-state index contributed by atoms with van der Waals surface area (Å²) in [7, 11) is -1.37. The van der Waals surface area contributed by atoms with E-state index >= 15 is 0 Å². The molecule has 2 atom stereocenters. The number of carbonyl (C=O) groups is 2. The number of sulfonamides is 1. The predicted molar refractivity (Wildman–Crippen MR) is 163 cm³/mol. The minimum absolute atomic E-state index is 0.00113. The molecule has 0 aliphatic heterocycles. The van der Waals surface area contributed by atoms with Gasteiger partial charge in [0.2, 0.25) is 11.8 Å². The zero-order valence-corrected chi connectivity index (χ0v) is 26.2. The van der Waals surface area contributed by atoms with Crippen LogP contribution in [0.5, 0.6) is 11.5 Å². The van der Waals surface area contributed by atoms with E-state index in [0.29, 0.717) is 5.75 Å². The first-order valence-electron chi connectivity index (χ1n) is 13.2. The number of nitrogens with one attached hydrogen (secondary N) is 1.